The SMILES string of the molecule is NCC(=O)N1CCC[C@H]1C(=O)NCC(=O)N1CCC[C@H]1C(=O)NCC(=O)N1CCC[C@H]1C(=O)NCC(=O)O. The van der Waals surface area contributed by atoms with Crippen molar-refractivity contribution >= 4 is 41.4 Å². The number of nitrogens with two attached hydrogens (primary N) is 1. The second-order valence-corrected chi connectivity index (χ2v) is 9.49. The van der Waals surface area contributed by atoms with Gasteiger partial charge in [-0.2, -0.15) is 0 Å². The first-order chi connectivity index (χ1) is 18.1. The van der Waals surface area contributed by atoms with Gasteiger partial charge in [-0.25, -0.2) is 0 Å². The molecule has 3 fully saturated rings. The van der Waals surface area contributed by atoms with Gasteiger partial charge in [0.2, 0.25) is 35.4 Å². The normalized spacial score (nSPS) is 22.8. The quantitative estimate of drug-likeness (QED) is 0.186. The van der Waals surface area contributed by atoms with Gasteiger partial charge < -0.3 is 41.5 Å². The van der Waals surface area contributed by atoms with Crippen molar-refractivity contribution in [2.75, 3.05) is 45.8 Å². The predicted octanol–water partition coefficient (Wildman–Crippen LogP) is -3.65. The summed E-state index contributed by atoms with van der Waals surface area (Å²) < 4.78 is 0. The van der Waals surface area contributed by atoms with Crippen LogP contribution in [0.2, 0.25) is 0 Å². The van der Waals surface area contributed by atoms with Crippen molar-refractivity contribution in [3.05, 3.63) is 0 Å². The monoisotopic (exact) mass is 537 g/mol. The van der Waals surface area contributed by atoms with E-state index in [1.807, 2.05) is 0 Å². The molecule has 15 nitrogen and oxygen atoms in total. The second-order valence-electron chi connectivity index (χ2n) is 9.49. The van der Waals surface area contributed by atoms with Crippen molar-refractivity contribution in [3.8, 4) is 0 Å². The fraction of sp³-hybridized carbons (Fsp3) is 0.696. The third kappa shape index (κ3) is 6.96. The Morgan fingerprint density at radius 2 is 0.947 bits per heavy atom. The van der Waals surface area contributed by atoms with Crippen LogP contribution in [-0.4, -0.2) is 125 Å². The number of amides is 6. The van der Waals surface area contributed by atoms with Crippen molar-refractivity contribution < 1.29 is 38.7 Å². The van der Waals surface area contributed by atoms with E-state index < -0.39 is 60.2 Å². The number of aliphatic carboxylic acids is 1. The second kappa shape index (κ2) is 13.2. The third-order valence-corrected chi connectivity index (χ3v) is 7.04. The lowest BCUT2D eigenvalue weighted by Gasteiger charge is -2.27. The topological polar surface area (TPSA) is 212 Å². The van der Waals surface area contributed by atoms with Gasteiger partial charge in [-0.1, -0.05) is 0 Å². The Labute approximate surface area is 219 Å². The number of hydrogen-bond acceptors (Lipinski definition) is 8. The molecule has 3 aliphatic heterocycles. The molecule has 3 aliphatic rings. The molecule has 210 valence electrons. The van der Waals surface area contributed by atoms with Gasteiger partial charge in [0.25, 0.3) is 0 Å². The van der Waals surface area contributed by atoms with Crippen LogP contribution in [0, 0.1) is 0 Å². The number of carbonyl (C=O) groups is 7. The number of carboxylic acids is 1. The van der Waals surface area contributed by atoms with E-state index in [1.54, 1.807) is 0 Å². The van der Waals surface area contributed by atoms with E-state index in [0.717, 1.165) is 0 Å². The number of carbonyl (C=O) groups excluding carboxylic acids is 6. The minimum Gasteiger partial charge on any atom is -0.480 e. The summed E-state index contributed by atoms with van der Waals surface area (Å²) in [6, 6.07) is -2.28. The molecule has 3 saturated heterocycles. The fourth-order valence-corrected chi connectivity index (χ4v) is 5.18. The van der Waals surface area contributed by atoms with Crippen LogP contribution in [0.15, 0.2) is 0 Å². The van der Waals surface area contributed by atoms with E-state index in [1.165, 1.54) is 14.7 Å². The first-order valence-corrected chi connectivity index (χ1v) is 12.8. The van der Waals surface area contributed by atoms with Crippen LogP contribution in [0.25, 0.3) is 0 Å². The molecule has 0 aromatic heterocycles. The summed E-state index contributed by atoms with van der Waals surface area (Å²) in [6.45, 7) is -0.396. The molecular weight excluding hydrogens is 502 g/mol. The maximum atomic E-state index is 12.8. The van der Waals surface area contributed by atoms with E-state index in [0.29, 0.717) is 58.2 Å². The first-order valence-electron chi connectivity index (χ1n) is 12.8. The molecule has 0 bridgehead atoms. The number of nitrogens with one attached hydrogen (secondary N) is 3. The van der Waals surface area contributed by atoms with Gasteiger partial charge in [-0.05, 0) is 38.5 Å². The van der Waals surface area contributed by atoms with Crippen molar-refractivity contribution in [1.82, 2.24) is 30.7 Å². The Kier molecular flexibility index (Phi) is 9.98. The van der Waals surface area contributed by atoms with Crippen LogP contribution in [-0.2, 0) is 33.6 Å². The van der Waals surface area contributed by atoms with Crippen molar-refractivity contribution in [3.63, 3.8) is 0 Å². The lowest BCUT2D eigenvalue weighted by Crippen LogP contribution is -2.53. The van der Waals surface area contributed by atoms with Gasteiger partial charge in [0, 0.05) is 19.6 Å². The molecule has 0 unspecified atom stereocenters. The molecule has 0 aromatic carbocycles. The van der Waals surface area contributed by atoms with E-state index >= 15 is 0 Å². The summed E-state index contributed by atoms with van der Waals surface area (Å²) >= 11 is 0. The number of hydrogen-bond donors (Lipinski definition) is 5. The lowest BCUT2D eigenvalue weighted by atomic mass is 10.2. The van der Waals surface area contributed by atoms with Crippen molar-refractivity contribution in [1.29, 1.82) is 0 Å². The van der Waals surface area contributed by atoms with Gasteiger partial charge >= 0.3 is 5.97 Å². The summed E-state index contributed by atoms with van der Waals surface area (Å²) in [5, 5.41) is 16.1. The number of nitrogens with zero attached hydrogens (tertiary/aromatic N) is 3. The Morgan fingerprint density at radius 3 is 1.29 bits per heavy atom. The smallest absolute Gasteiger partial charge is 0.322 e. The highest BCUT2D eigenvalue weighted by atomic mass is 16.4. The maximum Gasteiger partial charge on any atom is 0.322 e. The fourth-order valence-electron chi connectivity index (χ4n) is 5.18. The van der Waals surface area contributed by atoms with Gasteiger partial charge in [-0.3, -0.25) is 33.6 Å². The van der Waals surface area contributed by atoms with E-state index in [2.05, 4.69) is 16.0 Å². The van der Waals surface area contributed by atoms with E-state index in [-0.39, 0.29) is 25.5 Å². The van der Waals surface area contributed by atoms with Gasteiger partial charge in [0.15, 0.2) is 0 Å². The molecule has 38 heavy (non-hydrogen) atoms. The Morgan fingerprint density at radius 1 is 0.605 bits per heavy atom. The average molecular weight is 538 g/mol. The van der Waals surface area contributed by atoms with Crippen LogP contribution in [0.1, 0.15) is 38.5 Å². The molecule has 6 amide bonds. The summed E-state index contributed by atoms with van der Waals surface area (Å²) in [5.41, 5.74) is 5.40. The molecule has 3 atom stereocenters. The van der Waals surface area contributed by atoms with Crippen LogP contribution in [0.5, 0.6) is 0 Å². The summed E-state index contributed by atoms with van der Waals surface area (Å²) in [7, 11) is 0. The number of rotatable bonds is 10. The first kappa shape index (κ1) is 28.8. The van der Waals surface area contributed by atoms with E-state index in [4.69, 9.17) is 10.8 Å². The molecule has 0 saturated carbocycles. The molecule has 0 radical (unpaired) electrons. The minimum atomic E-state index is -1.20. The van der Waals surface area contributed by atoms with Gasteiger partial charge in [-0.15, -0.1) is 0 Å². The number of carboxylic acid groups (broad SMARTS) is 1. The Bertz CT molecular complexity index is 973. The molecule has 15 heteroatoms. The van der Waals surface area contributed by atoms with Crippen molar-refractivity contribution in [2.24, 2.45) is 5.73 Å². The summed E-state index contributed by atoms with van der Waals surface area (Å²) in [4.78, 5) is 89.8. The van der Waals surface area contributed by atoms with Gasteiger partial charge in [0.05, 0.1) is 19.6 Å². The molecule has 0 aliphatic carbocycles. The summed E-state index contributed by atoms with van der Waals surface area (Å²) in [5.74, 6) is -3.99. The highest BCUT2D eigenvalue weighted by molar-refractivity contribution is 5.95. The molecule has 0 aromatic rings. The van der Waals surface area contributed by atoms with E-state index in [9.17, 15) is 33.6 Å². The average Bonchev–Trinajstić information content (AvgIpc) is 3.68. The van der Waals surface area contributed by atoms with Crippen LogP contribution < -0.4 is 21.7 Å². The third-order valence-electron chi connectivity index (χ3n) is 7.04. The van der Waals surface area contributed by atoms with Crippen LogP contribution >= 0.6 is 0 Å². The molecular formula is C23H35N7O8. The standard InChI is InChI=1S/C23H35N7O8/c24-10-17(31)28-7-1-4-14(28)21(36)25-11-18(32)29-8-2-5-15(29)22(37)26-12-19(33)30-9-3-6-16(30)23(38)27-13-20(34)35/h14-16H,1-13,24H2,(H,25,36)(H,26,37)(H,27,38)(H,34,35)/t14-,15-,16-/m0/s1. The molecule has 6 N–H and O–H groups in total. The van der Waals surface area contributed by atoms with Gasteiger partial charge in [0.1, 0.15) is 24.7 Å². The summed E-state index contributed by atoms with van der Waals surface area (Å²) in [6.07, 6.45) is 3.07. The lowest BCUT2D eigenvalue weighted by molar-refractivity contribution is -0.142. The highest BCUT2D eigenvalue weighted by Gasteiger charge is 2.38. The largest absolute Gasteiger partial charge is 0.480 e. The molecule has 3 heterocycles. The van der Waals surface area contributed by atoms with Crippen LogP contribution in [0.4, 0.5) is 0 Å². The zero-order chi connectivity index (χ0) is 27.8. The van der Waals surface area contributed by atoms with Crippen molar-refractivity contribution in [2.45, 2.75) is 56.7 Å². The zero-order valence-electron chi connectivity index (χ0n) is 21.1. The zero-order valence-corrected chi connectivity index (χ0v) is 21.1. The minimum absolute atomic E-state index is 0.202. The highest BCUT2D eigenvalue weighted by Crippen LogP contribution is 2.20. The molecule has 0 spiro atoms. The maximum absolute atomic E-state index is 12.8. The Balaban J connectivity index is 1.47. The Hall–Kier alpha value is -3.75. The molecule has 3 rings (SSSR count). The number of likely N-dealkylation sites (tertiary alicyclic amines) is 3. The predicted molar refractivity (Wildman–Crippen MR) is 130 cm³/mol. The van der Waals surface area contributed by atoms with Crippen LogP contribution in [0.3, 0.4) is 0 Å².